The van der Waals surface area contributed by atoms with Crippen LogP contribution in [0, 0.1) is 0 Å². The number of aromatic nitrogens is 1. The van der Waals surface area contributed by atoms with E-state index in [1.165, 1.54) is 0 Å². The molecule has 4 nitrogen and oxygen atoms in total. The third kappa shape index (κ3) is 3.75. The van der Waals surface area contributed by atoms with Gasteiger partial charge in [0.15, 0.2) is 0 Å². The minimum absolute atomic E-state index is 0.0630. The van der Waals surface area contributed by atoms with Crippen LogP contribution in [-0.2, 0) is 6.42 Å². The summed E-state index contributed by atoms with van der Waals surface area (Å²) in [5, 5.41) is 0. The molecule has 1 atom stereocenters. The fraction of sp³-hybridized carbons (Fsp3) is 0.214. The number of nitrogens with two attached hydrogens (primary N) is 2. The van der Waals surface area contributed by atoms with E-state index >= 15 is 0 Å². The SMILES string of the molecule is Nc1cc(CC(N)COc2ccccc2)ccn1. The second-order valence-electron chi connectivity index (χ2n) is 4.18. The summed E-state index contributed by atoms with van der Waals surface area (Å²) in [7, 11) is 0. The molecule has 0 saturated carbocycles. The first-order chi connectivity index (χ1) is 8.74. The van der Waals surface area contributed by atoms with E-state index in [1.54, 1.807) is 6.20 Å². The number of hydrogen-bond donors (Lipinski definition) is 2. The highest BCUT2D eigenvalue weighted by molar-refractivity contribution is 5.32. The Morgan fingerprint density at radius 2 is 1.94 bits per heavy atom. The highest BCUT2D eigenvalue weighted by Gasteiger charge is 2.05. The van der Waals surface area contributed by atoms with Crippen molar-refractivity contribution in [2.75, 3.05) is 12.3 Å². The summed E-state index contributed by atoms with van der Waals surface area (Å²) in [6.07, 6.45) is 2.41. The lowest BCUT2D eigenvalue weighted by Gasteiger charge is -2.13. The third-order valence-electron chi connectivity index (χ3n) is 2.55. The van der Waals surface area contributed by atoms with Crippen molar-refractivity contribution in [2.45, 2.75) is 12.5 Å². The highest BCUT2D eigenvalue weighted by Crippen LogP contribution is 2.10. The number of pyridine rings is 1. The number of anilines is 1. The first-order valence-corrected chi connectivity index (χ1v) is 5.88. The van der Waals surface area contributed by atoms with Crippen LogP contribution in [0.25, 0.3) is 0 Å². The molecule has 2 rings (SSSR count). The second-order valence-corrected chi connectivity index (χ2v) is 4.18. The molecule has 0 aliphatic carbocycles. The van der Waals surface area contributed by atoms with E-state index in [4.69, 9.17) is 16.2 Å². The molecule has 0 fully saturated rings. The molecule has 1 aromatic carbocycles. The van der Waals surface area contributed by atoms with Gasteiger partial charge in [-0.3, -0.25) is 0 Å². The summed E-state index contributed by atoms with van der Waals surface area (Å²) >= 11 is 0. The fourth-order valence-electron chi connectivity index (χ4n) is 1.70. The van der Waals surface area contributed by atoms with E-state index in [1.807, 2.05) is 42.5 Å². The minimum atomic E-state index is -0.0630. The molecule has 4 N–H and O–H groups in total. The van der Waals surface area contributed by atoms with Crippen molar-refractivity contribution in [1.82, 2.24) is 4.98 Å². The maximum absolute atomic E-state index is 6.02. The van der Waals surface area contributed by atoms with E-state index in [-0.39, 0.29) is 6.04 Å². The molecular weight excluding hydrogens is 226 g/mol. The standard InChI is InChI=1S/C14H17N3O/c15-12(8-11-6-7-17-14(16)9-11)10-18-13-4-2-1-3-5-13/h1-7,9,12H,8,10,15H2,(H2,16,17). The third-order valence-corrected chi connectivity index (χ3v) is 2.55. The summed E-state index contributed by atoms with van der Waals surface area (Å²) in [6, 6.07) is 13.3. The molecule has 0 radical (unpaired) electrons. The van der Waals surface area contributed by atoms with Crippen LogP contribution < -0.4 is 16.2 Å². The zero-order valence-corrected chi connectivity index (χ0v) is 10.1. The predicted molar refractivity (Wildman–Crippen MR) is 72.3 cm³/mol. The van der Waals surface area contributed by atoms with Crippen molar-refractivity contribution in [3.8, 4) is 5.75 Å². The van der Waals surface area contributed by atoms with Gasteiger partial charge in [0.25, 0.3) is 0 Å². The van der Waals surface area contributed by atoms with Gasteiger partial charge in [0.1, 0.15) is 18.2 Å². The lowest BCUT2D eigenvalue weighted by Crippen LogP contribution is -2.30. The van der Waals surface area contributed by atoms with Crippen LogP contribution in [0.4, 0.5) is 5.82 Å². The van der Waals surface area contributed by atoms with Gasteiger partial charge >= 0.3 is 0 Å². The topological polar surface area (TPSA) is 74.2 Å². The van der Waals surface area contributed by atoms with Gasteiger partial charge in [0.05, 0.1) is 0 Å². The van der Waals surface area contributed by atoms with Gasteiger partial charge in [-0.25, -0.2) is 4.98 Å². The normalized spacial score (nSPS) is 12.1. The summed E-state index contributed by atoms with van der Waals surface area (Å²) in [5.41, 5.74) is 12.7. The molecule has 0 aliphatic heterocycles. The van der Waals surface area contributed by atoms with Gasteiger partial charge in [-0.1, -0.05) is 18.2 Å². The molecule has 0 spiro atoms. The van der Waals surface area contributed by atoms with Gasteiger partial charge in [0, 0.05) is 12.2 Å². The summed E-state index contributed by atoms with van der Waals surface area (Å²) < 4.78 is 5.60. The van der Waals surface area contributed by atoms with Crippen LogP contribution in [0.1, 0.15) is 5.56 Å². The first-order valence-electron chi connectivity index (χ1n) is 5.88. The molecule has 1 heterocycles. The number of benzene rings is 1. The van der Waals surface area contributed by atoms with Crippen LogP contribution in [0.2, 0.25) is 0 Å². The molecule has 18 heavy (non-hydrogen) atoms. The molecule has 0 saturated heterocycles. The van der Waals surface area contributed by atoms with Crippen molar-refractivity contribution < 1.29 is 4.74 Å². The van der Waals surface area contributed by atoms with Gasteiger partial charge in [-0.15, -0.1) is 0 Å². The molecule has 0 aliphatic rings. The van der Waals surface area contributed by atoms with Gasteiger partial charge in [0.2, 0.25) is 0 Å². The largest absolute Gasteiger partial charge is 0.492 e. The molecular formula is C14H17N3O. The van der Waals surface area contributed by atoms with Crippen LogP contribution in [0.5, 0.6) is 5.75 Å². The van der Waals surface area contributed by atoms with E-state index in [0.29, 0.717) is 12.4 Å². The fourth-order valence-corrected chi connectivity index (χ4v) is 1.70. The van der Waals surface area contributed by atoms with Crippen LogP contribution in [-0.4, -0.2) is 17.6 Å². The molecule has 94 valence electrons. The zero-order chi connectivity index (χ0) is 12.8. The predicted octanol–water partition coefficient (Wildman–Crippen LogP) is 1.61. The Morgan fingerprint density at radius 1 is 1.17 bits per heavy atom. The maximum Gasteiger partial charge on any atom is 0.123 e. The Bertz CT molecular complexity index is 487. The van der Waals surface area contributed by atoms with Crippen molar-refractivity contribution >= 4 is 5.82 Å². The Balaban J connectivity index is 1.84. The number of para-hydroxylation sites is 1. The van der Waals surface area contributed by atoms with Crippen molar-refractivity contribution in [3.63, 3.8) is 0 Å². The highest BCUT2D eigenvalue weighted by atomic mass is 16.5. The molecule has 4 heteroatoms. The van der Waals surface area contributed by atoms with Crippen LogP contribution in [0.3, 0.4) is 0 Å². The minimum Gasteiger partial charge on any atom is -0.492 e. The van der Waals surface area contributed by atoms with E-state index in [0.717, 1.165) is 17.7 Å². The average Bonchev–Trinajstić information content (AvgIpc) is 2.38. The van der Waals surface area contributed by atoms with Gasteiger partial charge < -0.3 is 16.2 Å². The lowest BCUT2D eigenvalue weighted by molar-refractivity contribution is 0.287. The van der Waals surface area contributed by atoms with E-state index in [9.17, 15) is 0 Å². The summed E-state index contributed by atoms with van der Waals surface area (Å²) in [5.74, 6) is 1.35. The molecule has 1 unspecified atom stereocenters. The second kappa shape index (κ2) is 6.02. The number of hydrogen-bond acceptors (Lipinski definition) is 4. The Morgan fingerprint density at radius 3 is 2.67 bits per heavy atom. The van der Waals surface area contributed by atoms with E-state index < -0.39 is 0 Å². The molecule has 0 amide bonds. The average molecular weight is 243 g/mol. The quantitative estimate of drug-likeness (QED) is 0.836. The zero-order valence-electron chi connectivity index (χ0n) is 10.1. The molecule has 1 aromatic heterocycles. The summed E-state index contributed by atoms with van der Waals surface area (Å²) in [4.78, 5) is 3.95. The Labute approximate surface area is 107 Å². The number of nitrogens with zero attached hydrogens (tertiary/aromatic N) is 1. The summed E-state index contributed by atoms with van der Waals surface area (Å²) in [6.45, 7) is 0.478. The lowest BCUT2D eigenvalue weighted by atomic mass is 10.1. The smallest absolute Gasteiger partial charge is 0.123 e. The van der Waals surface area contributed by atoms with Crippen molar-refractivity contribution in [3.05, 3.63) is 54.2 Å². The van der Waals surface area contributed by atoms with Crippen molar-refractivity contribution in [2.24, 2.45) is 5.73 Å². The maximum atomic E-state index is 6.02. The van der Waals surface area contributed by atoms with Crippen LogP contribution in [0.15, 0.2) is 48.7 Å². The van der Waals surface area contributed by atoms with Crippen molar-refractivity contribution in [1.29, 1.82) is 0 Å². The Hall–Kier alpha value is -2.07. The van der Waals surface area contributed by atoms with Gasteiger partial charge in [-0.05, 0) is 36.2 Å². The van der Waals surface area contributed by atoms with Crippen LogP contribution >= 0.6 is 0 Å². The Kier molecular flexibility index (Phi) is 4.15. The monoisotopic (exact) mass is 243 g/mol. The number of ether oxygens (including phenoxy) is 1. The van der Waals surface area contributed by atoms with E-state index in [2.05, 4.69) is 4.98 Å². The number of rotatable bonds is 5. The first kappa shape index (κ1) is 12.4. The number of nitrogen functional groups attached to an aromatic ring is 1. The molecule has 0 bridgehead atoms. The van der Waals surface area contributed by atoms with Gasteiger partial charge in [-0.2, -0.15) is 0 Å². The molecule has 2 aromatic rings.